The minimum atomic E-state index is -0.0270. The standard InChI is InChI=1S/C24H28N2O2/c1-16-6-4-7-19(12-16)15-26-18(3)17(2)22-13-20(9-10-23(22)26)24(27)25-14-21-8-5-11-28-21/h4,6-7,9-10,12-13,21H,5,8,11,14-15H2,1-3H3,(H,25,27)/t21-/m0/s1. The molecule has 28 heavy (non-hydrogen) atoms. The molecule has 0 aliphatic carbocycles. The monoisotopic (exact) mass is 376 g/mol. The van der Waals surface area contributed by atoms with Crippen molar-refractivity contribution in [2.75, 3.05) is 13.2 Å². The molecule has 1 N–H and O–H groups in total. The number of fused-ring (bicyclic) bond motifs is 1. The van der Waals surface area contributed by atoms with E-state index in [0.717, 1.165) is 31.4 Å². The molecule has 0 unspecified atom stereocenters. The number of aryl methyl sites for hydroxylation is 2. The maximum Gasteiger partial charge on any atom is 0.251 e. The summed E-state index contributed by atoms with van der Waals surface area (Å²) in [6.07, 6.45) is 2.27. The van der Waals surface area contributed by atoms with Crippen LogP contribution in [0.25, 0.3) is 10.9 Å². The van der Waals surface area contributed by atoms with Gasteiger partial charge >= 0.3 is 0 Å². The maximum atomic E-state index is 12.6. The second-order valence-corrected chi connectivity index (χ2v) is 7.86. The van der Waals surface area contributed by atoms with Crippen molar-refractivity contribution < 1.29 is 9.53 Å². The molecule has 1 aromatic heterocycles. The Morgan fingerprint density at radius 2 is 2.04 bits per heavy atom. The SMILES string of the molecule is Cc1cccc(Cn2c(C)c(C)c3cc(C(=O)NC[C@@H]4CCCO4)ccc32)c1. The quantitative estimate of drug-likeness (QED) is 0.711. The van der Waals surface area contributed by atoms with E-state index < -0.39 is 0 Å². The first kappa shape index (κ1) is 18.8. The molecule has 3 aromatic rings. The van der Waals surface area contributed by atoms with Crippen LogP contribution >= 0.6 is 0 Å². The first-order valence-electron chi connectivity index (χ1n) is 10.1. The average molecular weight is 377 g/mol. The van der Waals surface area contributed by atoms with Gasteiger partial charge in [0.15, 0.2) is 0 Å². The van der Waals surface area contributed by atoms with Crippen LogP contribution in [-0.2, 0) is 11.3 Å². The molecule has 2 aromatic carbocycles. The Kier molecular flexibility index (Phi) is 5.23. The van der Waals surface area contributed by atoms with E-state index in [1.807, 2.05) is 12.1 Å². The van der Waals surface area contributed by atoms with Gasteiger partial charge in [-0.3, -0.25) is 4.79 Å². The third kappa shape index (κ3) is 3.69. The molecule has 1 fully saturated rings. The van der Waals surface area contributed by atoms with Gasteiger partial charge in [0.05, 0.1) is 6.10 Å². The summed E-state index contributed by atoms with van der Waals surface area (Å²) in [4.78, 5) is 12.6. The Labute approximate surface area is 166 Å². The second kappa shape index (κ2) is 7.80. The normalized spacial score (nSPS) is 16.6. The van der Waals surface area contributed by atoms with E-state index in [1.165, 1.54) is 27.9 Å². The number of benzene rings is 2. The highest BCUT2D eigenvalue weighted by molar-refractivity contribution is 5.99. The Balaban J connectivity index is 1.59. The van der Waals surface area contributed by atoms with Crippen molar-refractivity contribution in [1.29, 1.82) is 0 Å². The van der Waals surface area contributed by atoms with E-state index in [9.17, 15) is 4.79 Å². The van der Waals surface area contributed by atoms with Gasteiger partial charge in [-0.1, -0.05) is 29.8 Å². The molecule has 0 bridgehead atoms. The minimum Gasteiger partial charge on any atom is -0.376 e. The number of nitrogens with one attached hydrogen (secondary N) is 1. The third-order valence-corrected chi connectivity index (χ3v) is 5.84. The van der Waals surface area contributed by atoms with E-state index in [1.54, 1.807) is 0 Å². The first-order chi connectivity index (χ1) is 13.5. The van der Waals surface area contributed by atoms with E-state index in [-0.39, 0.29) is 12.0 Å². The van der Waals surface area contributed by atoms with Gasteiger partial charge in [0.2, 0.25) is 0 Å². The predicted octanol–water partition coefficient (Wildman–Crippen LogP) is 4.52. The lowest BCUT2D eigenvalue weighted by atomic mass is 10.1. The van der Waals surface area contributed by atoms with Gasteiger partial charge in [0.1, 0.15) is 0 Å². The lowest BCUT2D eigenvalue weighted by Crippen LogP contribution is -2.31. The van der Waals surface area contributed by atoms with Crippen LogP contribution in [0.3, 0.4) is 0 Å². The molecule has 1 atom stereocenters. The van der Waals surface area contributed by atoms with Crippen LogP contribution in [0.2, 0.25) is 0 Å². The molecular weight excluding hydrogens is 348 g/mol. The summed E-state index contributed by atoms with van der Waals surface area (Å²) < 4.78 is 7.94. The molecular formula is C24H28N2O2. The first-order valence-corrected chi connectivity index (χ1v) is 10.1. The number of hydrogen-bond donors (Lipinski definition) is 1. The van der Waals surface area contributed by atoms with Crippen LogP contribution < -0.4 is 5.32 Å². The summed E-state index contributed by atoms with van der Waals surface area (Å²) in [5, 5.41) is 4.17. The minimum absolute atomic E-state index is 0.0270. The molecule has 1 aliphatic heterocycles. The molecule has 4 rings (SSSR count). The van der Waals surface area contributed by atoms with Gasteiger partial charge in [-0.2, -0.15) is 0 Å². The zero-order valence-electron chi connectivity index (χ0n) is 16.9. The molecule has 146 valence electrons. The molecule has 0 spiro atoms. The topological polar surface area (TPSA) is 43.3 Å². The Hall–Kier alpha value is -2.59. The van der Waals surface area contributed by atoms with Gasteiger partial charge in [-0.25, -0.2) is 0 Å². The Bertz CT molecular complexity index is 1010. The second-order valence-electron chi connectivity index (χ2n) is 7.86. The fraction of sp³-hybridized carbons (Fsp3) is 0.375. The van der Waals surface area contributed by atoms with Crippen LogP contribution in [0.4, 0.5) is 0 Å². The highest BCUT2D eigenvalue weighted by Crippen LogP contribution is 2.27. The molecule has 0 radical (unpaired) electrons. The van der Waals surface area contributed by atoms with Gasteiger partial charge in [-0.15, -0.1) is 0 Å². The van der Waals surface area contributed by atoms with Gasteiger partial charge in [0.25, 0.3) is 5.91 Å². The number of nitrogens with zero attached hydrogens (tertiary/aromatic N) is 1. The smallest absolute Gasteiger partial charge is 0.251 e. The number of ether oxygens (including phenoxy) is 1. The summed E-state index contributed by atoms with van der Waals surface area (Å²) in [6, 6.07) is 14.7. The lowest BCUT2D eigenvalue weighted by Gasteiger charge is -2.11. The number of rotatable bonds is 5. The van der Waals surface area contributed by atoms with Crippen molar-refractivity contribution in [2.45, 2.75) is 46.3 Å². The van der Waals surface area contributed by atoms with E-state index in [0.29, 0.717) is 12.1 Å². The molecule has 4 heteroatoms. The van der Waals surface area contributed by atoms with Crippen molar-refractivity contribution in [1.82, 2.24) is 9.88 Å². The van der Waals surface area contributed by atoms with Crippen LogP contribution in [0.1, 0.15) is 45.6 Å². The number of amides is 1. The number of carbonyl (C=O) groups excluding carboxylic acids is 1. The third-order valence-electron chi connectivity index (χ3n) is 5.84. The number of carbonyl (C=O) groups is 1. The van der Waals surface area contributed by atoms with Crippen molar-refractivity contribution in [3.63, 3.8) is 0 Å². The highest BCUT2D eigenvalue weighted by atomic mass is 16.5. The van der Waals surface area contributed by atoms with Crippen LogP contribution in [-0.4, -0.2) is 29.7 Å². The fourth-order valence-electron chi connectivity index (χ4n) is 4.10. The van der Waals surface area contributed by atoms with Crippen molar-refractivity contribution in [2.24, 2.45) is 0 Å². The van der Waals surface area contributed by atoms with Crippen LogP contribution in [0, 0.1) is 20.8 Å². The molecule has 1 aliphatic rings. The average Bonchev–Trinajstić information content (AvgIpc) is 3.29. The van der Waals surface area contributed by atoms with Gasteiger partial charge in [-0.05, 0) is 62.9 Å². The molecule has 1 saturated heterocycles. The zero-order chi connectivity index (χ0) is 19.7. The van der Waals surface area contributed by atoms with E-state index >= 15 is 0 Å². The molecule has 1 amide bonds. The Morgan fingerprint density at radius 3 is 2.79 bits per heavy atom. The van der Waals surface area contributed by atoms with E-state index in [2.05, 4.69) is 61.0 Å². The van der Waals surface area contributed by atoms with Gasteiger partial charge in [0, 0.05) is 41.9 Å². The van der Waals surface area contributed by atoms with E-state index in [4.69, 9.17) is 4.74 Å². The molecule has 4 nitrogen and oxygen atoms in total. The summed E-state index contributed by atoms with van der Waals surface area (Å²) >= 11 is 0. The fourth-order valence-corrected chi connectivity index (χ4v) is 4.10. The predicted molar refractivity (Wildman–Crippen MR) is 113 cm³/mol. The lowest BCUT2D eigenvalue weighted by molar-refractivity contribution is 0.0858. The van der Waals surface area contributed by atoms with Crippen molar-refractivity contribution >= 4 is 16.8 Å². The van der Waals surface area contributed by atoms with Gasteiger partial charge < -0.3 is 14.6 Å². The maximum absolute atomic E-state index is 12.6. The number of hydrogen-bond acceptors (Lipinski definition) is 2. The zero-order valence-corrected chi connectivity index (χ0v) is 16.9. The van der Waals surface area contributed by atoms with Crippen molar-refractivity contribution in [3.8, 4) is 0 Å². The van der Waals surface area contributed by atoms with Crippen molar-refractivity contribution in [3.05, 3.63) is 70.4 Å². The summed E-state index contributed by atoms with van der Waals surface area (Å²) in [6.45, 7) is 8.64. The molecule has 0 saturated carbocycles. The van der Waals surface area contributed by atoms with Crippen LogP contribution in [0.5, 0.6) is 0 Å². The largest absolute Gasteiger partial charge is 0.376 e. The van der Waals surface area contributed by atoms with Crippen LogP contribution in [0.15, 0.2) is 42.5 Å². The Morgan fingerprint density at radius 1 is 1.18 bits per heavy atom. The summed E-state index contributed by atoms with van der Waals surface area (Å²) in [5.74, 6) is -0.0270. The summed E-state index contributed by atoms with van der Waals surface area (Å²) in [5.41, 5.74) is 6.92. The highest BCUT2D eigenvalue weighted by Gasteiger charge is 2.18. The molecule has 2 heterocycles. The summed E-state index contributed by atoms with van der Waals surface area (Å²) in [7, 11) is 0. The number of aromatic nitrogens is 1.